The topological polar surface area (TPSA) is 58.6 Å². The van der Waals surface area contributed by atoms with Crippen LogP contribution in [0, 0.1) is 11.8 Å². The Labute approximate surface area is 195 Å². The van der Waals surface area contributed by atoms with Gasteiger partial charge in [0.2, 0.25) is 5.91 Å². The van der Waals surface area contributed by atoms with E-state index >= 15 is 0 Å². The number of hydrogen-bond acceptors (Lipinski definition) is 3. The first-order chi connectivity index (χ1) is 15.5. The molecule has 1 aliphatic rings. The molecule has 0 atom stereocenters. The van der Waals surface area contributed by atoms with Gasteiger partial charge < -0.3 is 15.0 Å². The molecule has 0 saturated carbocycles. The highest BCUT2D eigenvalue weighted by Crippen LogP contribution is 2.30. The number of rotatable bonds is 6. The summed E-state index contributed by atoms with van der Waals surface area (Å²) in [6.07, 6.45) is -3.53. The van der Waals surface area contributed by atoms with Crippen LogP contribution in [0.15, 0.2) is 42.5 Å². The Balaban J connectivity index is 1.52. The Morgan fingerprint density at radius 3 is 2.30 bits per heavy atom. The van der Waals surface area contributed by atoms with Crippen LogP contribution in [-0.2, 0) is 11.0 Å². The van der Waals surface area contributed by atoms with Gasteiger partial charge >= 0.3 is 6.18 Å². The van der Waals surface area contributed by atoms with Crippen molar-refractivity contribution in [3.05, 3.63) is 58.6 Å². The molecule has 5 nitrogen and oxygen atoms in total. The predicted octanol–water partition coefficient (Wildman–Crippen LogP) is 5.88. The lowest BCUT2D eigenvalue weighted by Crippen LogP contribution is -2.41. The van der Waals surface area contributed by atoms with Crippen molar-refractivity contribution >= 4 is 29.1 Å². The number of alkyl halides is 3. The normalized spacial score (nSPS) is 14.9. The van der Waals surface area contributed by atoms with E-state index in [-0.39, 0.29) is 23.3 Å². The fourth-order valence-electron chi connectivity index (χ4n) is 3.53. The van der Waals surface area contributed by atoms with E-state index in [1.165, 1.54) is 12.1 Å². The van der Waals surface area contributed by atoms with Gasteiger partial charge in [-0.1, -0.05) is 25.4 Å². The van der Waals surface area contributed by atoms with E-state index in [0.717, 1.165) is 12.1 Å². The number of benzene rings is 2. The second-order valence-corrected chi connectivity index (χ2v) is 8.89. The number of carbonyl (C=O) groups excluding carboxylic acids is 2. The Morgan fingerprint density at radius 1 is 1.12 bits per heavy atom. The second-order valence-electron chi connectivity index (χ2n) is 8.48. The maximum Gasteiger partial charge on any atom is 0.416 e. The van der Waals surface area contributed by atoms with E-state index in [2.05, 4.69) is 5.32 Å². The molecule has 0 aromatic heterocycles. The lowest BCUT2D eigenvalue weighted by Gasteiger charge is -2.31. The van der Waals surface area contributed by atoms with Gasteiger partial charge in [0, 0.05) is 30.3 Å². The molecule has 2 aromatic carbocycles. The summed E-state index contributed by atoms with van der Waals surface area (Å²) in [5, 5.41) is 3.26. The largest absolute Gasteiger partial charge is 0.492 e. The van der Waals surface area contributed by atoms with Crippen LogP contribution in [0.1, 0.15) is 42.6 Å². The summed E-state index contributed by atoms with van der Waals surface area (Å²) in [7, 11) is 0. The van der Waals surface area contributed by atoms with Crippen molar-refractivity contribution in [1.29, 1.82) is 0 Å². The molecule has 1 aliphatic heterocycles. The van der Waals surface area contributed by atoms with Crippen LogP contribution in [0.3, 0.4) is 0 Å². The number of carbonyl (C=O) groups is 2. The molecule has 2 aromatic rings. The highest BCUT2D eigenvalue weighted by molar-refractivity contribution is 6.32. The molecule has 9 heteroatoms. The van der Waals surface area contributed by atoms with Crippen molar-refractivity contribution in [3.8, 4) is 5.75 Å². The minimum Gasteiger partial charge on any atom is -0.492 e. The third kappa shape index (κ3) is 6.63. The standard InChI is InChI=1S/C24H26ClF3N2O3/c1-15(2)14-33-21-8-7-19(13-20(21)25)29-22(31)16-9-11-30(12-10-16)23(32)17-3-5-18(6-4-17)24(26,27)28/h3-8,13,15-16H,9-12,14H2,1-2H3,(H,29,31). The van der Waals surface area contributed by atoms with Crippen LogP contribution in [0.2, 0.25) is 5.02 Å². The summed E-state index contributed by atoms with van der Waals surface area (Å²) >= 11 is 6.25. The quantitative estimate of drug-likeness (QED) is 0.559. The summed E-state index contributed by atoms with van der Waals surface area (Å²) in [6.45, 7) is 5.30. The van der Waals surface area contributed by atoms with E-state index in [1.54, 1.807) is 23.1 Å². The van der Waals surface area contributed by atoms with Crippen LogP contribution in [-0.4, -0.2) is 36.4 Å². The first-order valence-corrected chi connectivity index (χ1v) is 11.1. The Hall–Kier alpha value is -2.74. The third-order valence-electron chi connectivity index (χ3n) is 5.38. The van der Waals surface area contributed by atoms with Crippen LogP contribution in [0.5, 0.6) is 5.75 Å². The summed E-state index contributed by atoms with van der Waals surface area (Å²) in [6, 6.07) is 9.24. The molecule has 33 heavy (non-hydrogen) atoms. The number of nitrogens with zero attached hydrogens (tertiary/aromatic N) is 1. The highest BCUT2D eigenvalue weighted by atomic mass is 35.5. The molecule has 0 aliphatic carbocycles. The highest BCUT2D eigenvalue weighted by Gasteiger charge is 2.31. The molecule has 1 heterocycles. The van der Waals surface area contributed by atoms with Crippen LogP contribution in [0.4, 0.5) is 18.9 Å². The van der Waals surface area contributed by atoms with Crippen molar-refractivity contribution in [1.82, 2.24) is 4.90 Å². The molecule has 1 fully saturated rings. The number of ether oxygens (including phenoxy) is 1. The van der Waals surface area contributed by atoms with Gasteiger partial charge in [0.05, 0.1) is 17.2 Å². The van der Waals surface area contributed by atoms with Gasteiger partial charge in [-0.3, -0.25) is 9.59 Å². The Bertz CT molecular complexity index is 985. The van der Waals surface area contributed by atoms with Crippen LogP contribution >= 0.6 is 11.6 Å². The van der Waals surface area contributed by atoms with E-state index in [0.29, 0.717) is 54.9 Å². The minimum absolute atomic E-state index is 0.163. The van der Waals surface area contributed by atoms with Crippen molar-refractivity contribution in [2.24, 2.45) is 11.8 Å². The molecule has 178 valence electrons. The summed E-state index contributed by atoms with van der Waals surface area (Å²) in [5.74, 6) is 0.128. The van der Waals surface area contributed by atoms with Gasteiger partial charge in [0.15, 0.2) is 0 Å². The maximum absolute atomic E-state index is 12.7. The van der Waals surface area contributed by atoms with Gasteiger partial charge in [-0.2, -0.15) is 13.2 Å². The average Bonchev–Trinajstić information content (AvgIpc) is 2.77. The SMILES string of the molecule is CC(C)COc1ccc(NC(=O)C2CCN(C(=O)c3ccc(C(F)(F)F)cc3)CC2)cc1Cl. The van der Waals surface area contributed by atoms with Crippen LogP contribution in [0.25, 0.3) is 0 Å². The summed E-state index contributed by atoms with van der Waals surface area (Å²) < 4.78 is 43.8. The molecule has 3 rings (SSSR count). The third-order valence-corrected chi connectivity index (χ3v) is 5.68. The zero-order chi connectivity index (χ0) is 24.2. The van der Waals surface area contributed by atoms with E-state index in [9.17, 15) is 22.8 Å². The van der Waals surface area contributed by atoms with E-state index in [4.69, 9.17) is 16.3 Å². The second kappa shape index (κ2) is 10.5. The van der Waals surface area contributed by atoms with Crippen molar-refractivity contribution < 1.29 is 27.5 Å². The molecule has 0 spiro atoms. The lowest BCUT2D eigenvalue weighted by molar-refractivity contribution is -0.137. The molecule has 1 N–H and O–H groups in total. The fraction of sp³-hybridized carbons (Fsp3) is 0.417. The molecule has 0 unspecified atom stereocenters. The predicted molar refractivity (Wildman–Crippen MR) is 120 cm³/mol. The zero-order valence-electron chi connectivity index (χ0n) is 18.4. The van der Waals surface area contributed by atoms with Gasteiger partial charge in [-0.05, 0) is 61.2 Å². The number of hydrogen-bond donors (Lipinski definition) is 1. The Kier molecular flexibility index (Phi) is 7.89. The minimum atomic E-state index is -4.45. The van der Waals surface area contributed by atoms with Crippen molar-refractivity contribution in [3.63, 3.8) is 0 Å². The monoisotopic (exact) mass is 482 g/mol. The Morgan fingerprint density at radius 2 is 1.76 bits per heavy atom. The summed E-state index contributed by atoms with van der Waals surface area (Å²) in [4.78, 5) is 26.8. The van der Waals surface area contributed by atoms with Crippen molar-refractivity contribution in [2.75, 3.05) is 25.0 Å². The van der Waals surface area contributed by atoms with E-state index in [1.807, 2.05) is 13.8 Å². The smallest absolute Gasteiger partial charge is 0.416 e. The van der Waals surface area contributed by atoms with Crippen LogP contribution < -0.4 is 10.1 Å². The molecule has 1 saturated heterocycles. The van der Waals surface area contributed by atoms with Gasteiger partial charge in [-0.25, -0.2) is 0 Å². The van der Waals surface area contributed by atoms with Gasteiger partial charge in [0.1, 0.15) is 5.75 Å². The average molecular weight is 483 g/mol. The molecule has 2 amide bonds. The number of piperidine rings is 1. The molecule has 0 bridgehead atoms. The number of nitrogens with one attached hydrogen (secondary N) is 1. The molecular weight excluding hydrogens is 457 g/mol. The van der Waals surface area contributed by atoms with Crippen molar-refractivity contribution in [2.45, 2.75) is 32.9 Å². The fourth-order valence-corrected chi connectivity index (χ4v) is 3.76. The van der Waals surface area contributed by atoms with E-state index < -0.39 is 11.7 Å². The lowest BCUT2D eigenvalue weighted by atomic mass is 9.95. The first kappa shape index (κ1) is 24.9. The maximum atomic E-state index is 12.7. The number of amides is 2. The summed E-state index contributed by atoms with van der Waals surface area (Å²) in [5.41, 5.74) is -0.0421. The first-order valence-electron chi connectivity index (χ1n) is 10.7. The number of halogens is 4. The number of anilines is 1. The zero-order valence-corrected chi connectivity index (χ0v) is 19.2. The van der Waals surface area contributed by atoms with Gasteiger partial charge in [-0.15, -0.1) is 0 Å². The molecular formula is C24H26ClF3N2O3. The number of likely N-dealkylation sites (tertiary alicyclic amines) is 1. The molecule has 0 radical (unpaired) electrons. The van der Waals surface area contributed by atoms with Gasteiger partial charge in [0.25, 0.3) is 5.91 Å².